The predicted molar refractivity (Wildman–Crippen MR) is 145 cm³/mol. The van der Waals surface area contributed by atoms with E-state index in [9.17, 15) is 23.5 Å². The molecule has 0 saturated heterocycles. The Kier molecular flexibility index (Phi) is 7.80. The van der Waals surface area contributed by atoms with Gasteiger partial charge in [-0.1, -0.05) is 23.7 Å². The van der Waals surface area contributed by atoms with E-state index in [4.69, 9.17) is 11.6 Å². The van der Waals surface area contributed by atoms with Crippen LogP contribution in [0.1, 0.15) is 42.3 Å². The molecule has 3 aromatic carbocycles. The number of nitrogens with zero attached hydrogens (tertiary/aromatic N) is 4. The standard InChI is InChI=1S/C28H26ClF2N5O3/c1-16-5-6-18(26-14-35(34-33-26)36(17(2)38)28(3,4)15-37)11-22(16)27(39)21-9-8-20(13-23(21)29)32-25-10-7-19(30)12-24(25)31/h5-14,32,37H,15H2,1-4H3. The van der Waals surface area contributed by atoms with E-state index >= 15 is 0 Å². The third-order valence-electron chi connectivity index (χ3n) is 6.15. The summed E-state index contributed by atoms with van der Waals surface area (Å²) in [7, 11) is 0. The largest absolute Gasteiger partial charge is 0.394 e. The summed E-state index contributed by atoms with van der Waals surface area (Å²) in [5.41, 5.74) is 1.88. The Morgan fingerprint density at radius 1 is 1.08 bits per heavy atom. The van der Waals surface area contributed by atoms with Crippen LogP contribution in [-0.2, 0) is 4.79 Å². The van der Waals surface area contributed by atoms with Crippen LogP contribution in [0.25, 0.3) is 11.3 Å². The van der Waals surface area contributed by atoms with Crippen LogP contribution in [0.15, 0.2) is 60.8 Å². The molecule has 0 fully saturated rings. The van der Waals surface area contributed by atoms with Crippen molar-refractivity contribution in [3.8, 4) is 11.3 Å². The lowest BCUT2D eigenvalue weighted by molar-refractivity contribution is -0.120. The summed E-state index contributed by atoms with van der Waals surface area (Å²) in [4.78, 5) is 27.0. The lowest BCUT2D eigenvalue weighted by Gasteiger charge is -2.35. The number of rotatable bonds is 8. The number of carbonyl (C=O) groups is 2. The SMILES string of the molecule is CC(=O)N(n1cc(-c2ccc(C)c(C(=O)c3ccc(Nc4ccc(F)cc4F)cc3Cl)c2)nn1)C(C)(C)CO. The van der Waals surface area contributed by atoms with E-state index in [0.29, 0.717) is 28.1 Å². The maximum Gasteiger partial charge on any atom is 0.240 e. The van der Waals surface area contributed by atoms with Gasteiger partial charge in [0.05, 0.1) is 29.1 Å². The first-order valence-corrected chi connectivity index (χ1v) is 12.3. The number of hydrogen-bond donors (Lipinski definition) is 2. The fourth-order valence-electron chi connectivity index (χ4n) is 4.09. The van der Waals surface area contributed by atoms with Gasteiger partial charge >= 0.3 is 0 Å². The van der Waals surface area contributed by atoms with Gasteiger partial charge in [-0.15, -0.1) is 5.10 Å². The summed E-state index contributed by atoms with van der Waals surface area (Å²) in [6.07, 6.45) is 1.54. The van der Waals surface area contributed by atoms with Gasteiger partial charge < -0.3 is 10.4 Å². The Hall–Kier alpha value is -4.15. The van der Waals surface area contributed by atoms with Crippen molar-refractivity contribution in [1.29, 1.82) is 0 Å². The molecule has 2 N–H and O–H groups in total. The summed E-state index contributed by atoms with van der Waals surface area (Å²) in [6, 6.07) is 13.0. The summed E-state index contributed by atoms with van der Waals surface area (Å²) < 4.78 is 27.2. The lowest BCUT2D eigenvalue weighted by Crippen LogP contribution is -2.56. The molecule has 0 radical (unpaired) electrons. The van der Waals surface area contributed by atoms with Crippen LogP contribution in [-0.4, -0.2) is 44.0 Å². The average molecular weight is 554 g/mol. The Bertz CT molecular complexity index is 1570. The van der Waals surface area contributed by atoms with Crippen LogP contribution in [0.3, 0.4) is 0 Å². The second-order valence-corrected chi connectivity index (χ2v) is 10.0. The first-order valence-electron chi connectivity index (χ1n) is 11.9. The van der Waals surface area contributed by atoms with Gasteiger partial charge in [0.2, 0.25) is 5.91 Å². The Morgan fingerprint density at radius 3 is 2.46 bits per heavy atom. The highest BCUT2D eigenvalue weighted by Gasteiger charge is 2.31. The van der Waals surface area contributed by atoms with Crippen molar-refractivity contribution in [2.24, 2.45) is 0 Å². The second kappa shape index (κ2) is 10.9. The maximum atomic E-state index is 14.0. The van der Waals surface area contributed by atoms with E-state index < -0.39 is 17.2 Å². The normalized spacial score (nSPS) is 11.4. The zero-order valence-corrected chi connectivity index (χ0v) is 22.4. The number of nitrogens with one attached hydrogen (secondary N) is 1. The van der Waals surface area contributed by atoms with Crippen molar-refractivity contribution in [2.75, 3.05) is 16.9 Å². The number of aryl methyl sites for hydroxylation is 1. The molecule has 4 aromatic rings. The molecule has 39 heavy (non-hydrogen) atoms. The summed E-state index contributed by atoms with van der Waals surface area (Å²) >= 11 is 6.44. The molecule has 0 bridgehead atoms. The number of halogens is 3. The Labute approximate surface area is 228 Å². The van der Waals surface area contributed by atoms with Gasteiger partial charge in [-0.2, -0.15) is 4.79 Å². The number of anilines is 2. The molecule has 0 aliphatic rings. The Balaban J connectivity index is 1.62. The minimum absolute atomic E-state index is 0.0637. The quantitative estimate of drug-likeness (QED) is 0.283. The summed E-state index contributed by atoms with van der Waals surface area (Å²) in [5.74, 6) is -2.12. The number of aliphatic hydroxyl groups is 1. The fourth-order valence-corrected chi connectivity index (χ4v) is 4.36. The predicted octanol–water partition coefficient (Wildman–Crippen LogP) is 5.42. The highest BCUT2D eigenvalue weighted by molar-refractivity contribution is 6.35. The van der Waals surface area contributed by atoms with E-state index in [1.54, 1.807) is 51.2 Å². The monoisotopic (exact) mass is 553 g/mol. The van der Waals surface area contributed by atoms with Gasteiger partial charge in [0.15, 0.2) is 5.78 Å². The smallest absolute Gasteiger partial charge is 0.240 e. The molecule has 0 unspecified atom stereocenters. The molecule has 1 heterocycles. The van der Waals surface area contributed by atoms with Gasteiger partial charge in [0.25, 0.3) is 0 Å². The number of aromatic nitrogens is 3. The van der Waals surface area contributed by atoms with Crippen molar-refractivity contribution in [2.45, 2.75) is 33.2 Å². The minimum Gasteiger partial charge on any atom is -0.394 e. The van der Waals surface area contributed by atoms with E-state index in [-0.39, 0.29) is 34.6 Å². The second-order valence-electron chi connectivity index (χ2n) is 9.63. The van der Waals surface area contributed by atoms with Crippen LogP contribution >= 0.6 is 11.6 Å². The van der Waals surface area contributed by atoms with Gasteiger partial charge in [-0.25, -0.2) is 13.8 Å². The van der Waals surface area contributed by atoms with Gasteiger partial charge in [-0.3, -0.25) is 9.59 Å². The zero-order chi connectivity index (χ0) is 28.5. The number of benzene rings is 3. The highest BCUT2D eigenvalue weighted by atomic mass is 35.5. The molecule has 0 aliphatic heterocycles. The molecule has 1 amide bonds. The van der Waals surface area contributed by atoms with Gasteiger partial charge in [0.1, 0.15) is 17.3 Å². The molecular formula is C28H26ClF2N5O3. The van der Waals surface area contributed by atoms with Gasteiger partial charge in [0, 0.05) is 35.4 Å². The molecule has 0 aliphatic carbocycles. The minimum atomic E-state index is -0.925. The molecule has 0 spiro atoms. The van der Waals surface area contributed by atoms with E-state index in [2.05, 4.69) is 15.6 Å². The van der Waals surface area contributed by atoms with Crippen molar-refractivity contribution < 1.29 is 23.5 Å². The number of aliphatic hydroxyl groups excluding tert-OH is 1. The fraction of sp³-hybridized carbons (Fsp3) is 0.214. The molecule has 202 valence electrons. The van der Waals surface area contributed by atoms with Crippen LogP contribution in [0.2, 0.25) is 5.02 Å². The number of amides is 1. The van der Waals surface area contributed by atoms with Crippen molar-refractivity contribution >= 4 is 34.7 Å². The maximum absolute atomic E-state index is 14.0. The lowest BCUT2D eigenvalue weighted by atomic mass is 9.96. The summed E-state index contributed by atoms with van der Waals surface area (Å²) in [5, 5.41) is 22.2. The van der Waals surface area contributed by atoms with Crippen LogP contribution in [0.5, 0.6) is 0 Å². The van der Waals surface area contributed by atoms with Gasteiger partial charge in [-0.05, 0) is 67.9 Å². The topological polar surface area (TPSA) is 100 Å². The third kappa shape index (κ3) is 5.81. The Morgan fingerprint density at radius 2 is 1.82 bits per heavy atom. The van der Waals surface area contributed by atoms with Crippen LogP contribution in [0.4, 0.5) is 20.2 Å². The van der Waals surface area contributed by atoms with E-state index in [0.717, 1.165) is 12.1 Å². The molecule has 11 heteroatoms. The van der Waals surface area contributed by atoms with Crippen molar-refractivity contribution in [3.63, 3.8) is 0 Å². The van der Waals surface area contributed by atoms with E-state index in [1.165, 1.54) is 34.9 Å². The number of hydrogen-bond acceptors (Lipinski definition) is 6. The molecule has 1 aromatic heterocycles. The highest BCUT2D eigenvalue weighted by Crippen LogP contribution is 2.29. The number of ketones is 1. The van der Waals surface area contributed by atoms with Crippen molar-refractivity contribution in [3.05, 3.63) is 94.1 Å². The number of carbonyl (C=O) groups excluding carboxylic acids is 2. The van der Waals surface area contributed by atoms with Crippen LogP contribution < -0.4 is 10.3 Å². The average Bonchev–Trinajstić information content (AvgIpc) is 3.34. The van der Waals surface area contributed by atoms with E-state index in [1.807, 2.05) is 0 Å². The zero-order valence-electron chi connectivity index (χ0n) is 21.7. The molecule has 0 atom stereocenters. The summed E-state index contributed by atoms with van der Waals surface area (Å²) in [6.45, 7) is 6.25. The molecular weight excluding hydrogens is 528 g/mol. The third-order valence-corrected chi connectivity index (χ3v) is 6.46. The molecule has 8 nitrogen and oxygen atoms in total. The molecule has 0 saturated carbocycles. The first kappa shape index (κ1) is 27.9. The van der Waals surface area contributed by atoms with Crippen LogP contribution in [0, 0.1) is 18.6 Å². The molecule has 4 rings (SSSR count). The van der Waals surface area contributed by atoms with Crippen molar-refractivity contribution in [1.82, 2.24) is 15.1 Å². The first-order chi connectivity index (χ1) is 18.4.